The number of tetrazole rings is 1. The summed E-state index contributed by atoms with van der Waals surface area (Å²) in [6.07, 6.45) is 5.64. The normalized spacial score (nSPS) is 20.6. The summed E-state index contributed by atoms with van der Waals surface area (Å²) in [6.45, 7) is 0. The lowest BCUT2D eigenvalue weighted by molar-refractivity contribution is 0.563. The van der Waals surface area contributed by atoms with Crippen LogP contribution in [-0.2, 0) is 0 Å². The van der Waals surface area contributed by atoms with Crippen molar-refractivity contribution >= 4 is 11.8 Å². The van der Waals surface area contributed by atoms with Crippen molar-refractivity contribution in [2.75, 3.05) is 5.75 Å². The van der Waals surface area contributed by atoms with Gasteiger partial charge in [-0.2, -0.15) is 5.26 Å². The topological polar surface area (TPSA) is 79.4 Å². The molecule has 1 heterocycles. The lowest BCUT2D eigenvalue weighted by atomic mass is 10.2. The van der Waals surface area contributed by atoms with Crippen molar-refractivity contribution in [3.05, 3.63) is 0 Å². The standard InChI is InChI=1S/C11H16N6S/c12-7-9(13-8-1-2-8)5-6-18-11-14-15-16-17(11)10-3-4-10/h8-10,13H,1-6H2. The fraction of sp³-hybridized carbons (Fsp3) is 0.818. The van der Waals surface area contributed by atoms with Crippen molar-refractivity contribution in [3.8, 4) is 6.07 Å². The van der Waals surface area contributed by atoms with E-state index in [1.165, 1.54) is 25.7 Å². The quantitative estimate of drug-likeness (QED) is 0.744. The van der Waals surface area contributed by atoms with Gasteiger partial charge in [0, 0.05) is 11.8 Å². The molecule has 0 saturated heterocycles. The number of rotatable bonds is 7. The van der Waals surface area contributed by atoms with Crippen LogP contribution in [0.25, 0.3) is 0 Å². The number of nitrogens with zero attached hydrogens (tertiary/aromatic N) is 5. The maximum absolute atomic E-state index is 9.05. The Labute approximate surface area is 110 Å². The fourth-order valence-electron chi connectivity index (χ4n) is 1.82. The Morgan fingerprint density at radius 1 is 1.44 bits per heavy atom. The predicted octanol–water partition coefficient (Wildman–Crippen LogP) is 1.13. The first-order valence-electron chi connectivity index (χ1n) is 6.43. The second-order valence-electron chi connectivity index (χ2n) is 4.90. The van der Waals surface area contributed by atoms with Crippen LogP contribution < -0.4 is 5.32 Å². The monoisotopic (exact) mass is 264 g/mol. The summed E-state index contributed by atoms with van der Waals surface area (Å²) >= 11 is 1.65. The van der Waals surface area contributed by atoms with E-state index < -0.39 is 0 Å². The molecule has 1 aromatic heterocycles. The zero-order valence-corrected chi connectivity index (χ0v) is 10.9. The molecule has 0 amide bonds. The Kier molecular flexibility index (Phi) is 3.48. The van der Waals surface area contributed by atoms with E-state index in [1.807, 2.05) is 4.68 Å². The molecule has 6 nitrogen and oxygen atoms in total. The molecule has 0 bridgehead atoms. The third-order valence-electron chi connectivity index (χ3n) is 3.16. The Balaban J connectivity index is 1.45. The average molecular weight is 264 g/mol. The first-order chi connectivity index (χ1) is 8.86. The van der Waals surface area contributed by atoms with Crippen molar-refractivity contribution in [1.29, 1.82) is 5.26 Å². The summed E-state index contributed by atoms with van der Waals surface area (Å²) in [6, 6.07) is 3.38. The van der Waals surface area contributed by atoms with E-state index in [4.69, 9.17) is 5.26 Å². The maximum atomic E-state index is 9.05. The van der Waals surface area contributed by atoms with Crippen molar-refractivity contribution in [2.24, 2.45) is 0 Å². The average Bonchev–Trinajstić information content (AvgIpc) is 3.30. The molecule has 1 atom stereocenters. The minimum Gasteiger partial charge on any atom is -0.299 e. The zero-order valence-electron chi connectivity index (χ0n) is 10.1. The number of nitriles is 1. The molecule has 2 aliphatic rings. The van der Waals surface area contributed by atoms with Crippen molar-refractivity contribution < 1.29 is 0 Å². The highest BCUT2D eigenvalue weighted by molar-refractivity contribution is 7.99. The molecular formula is C11H16N6S. The van der Waals surface area contributed by atoms with Crippen molar-refractivity contribution in [3.63, 3.8) is 0 Å². The molecule has 1 N–H and O–H groups in total. The molecule has 96 valence electrons. The summed E-state index contributed by atoms with van der Waals surface area (Å²) in [5.74, 6) is 0.880. The van der Waals surface area contributed by atoms with E-state index in [1.54, 1.807) is 11.8 Å². The summed E-state index contributed by atoms with van der Waals surface area (Å²) in [5.41, 5.74) is 0. The van der Waals surface area contributed by atoms with Crippen LogP contribution in [0.3, 0.4) is 0 Å². The molecular weight excluding hydrogens is 248 g/mol. The number of hydrogen-bond acceptors (Lipinski definition) is 6. The Morgan fingerprint density at radius 2 is 2.28 bits per heavy atom. The molecule has 0 radical (unpaired) electrons. The summed E-state index contributed by atoms with van der Waals surface area (Å²) in [4.78, 5) is 0. The molecule has 0 aromatic carbocycles. The zero-order chi connectivity index (χ0) is 12.4. The molecule has 2 aliphatic carbocycles. The highest BCUT2D eigenvalue weighted by Gasteiger charge is 2.28. The summed E-state index contributed by atoms with van der Waals surface area (Å²) < 4.78 is 1.92. The highest BCUT2D eigenvalue weighted by atomic mass is 32.2. The van der Waals surface area contributed by atoms with E-state index in [2.05, 4.69) is 26.9 Å². The van der Waals surface area contributed by atoms with E-state index in [0.717, 1.165) is 17.3 Å². The molecule has 0 spiro atoms. The number of hydrogen-bond donors (Lipinski definition) is 1. The second kappa shape index (κ2) is 5.24. The third-order valence-corrected chi connectivity index (χ3v) is 4.13. The van der Waals surface area contributed by atoms with Crippen LogP contribution in [0.1, 0.15) is 38.1 Å². The van der Waals surface area contributed by atoms with Crippen molar-refractivity contribution in [2.45, 2.75) is 55.4 Å². The van der Waals surface area contributed by atoms with Crippen LogP contribution >= 0.6 is 11.8 Å². The Hall–Kier alpha value is -1.13. The van der Waals surface area contributed by atoms with Crippen LogP contribution in [-0.4, -0.2) is 38.0 Å². The smallest absolute Gasteiger partial charge is 0.209 e. The minimum atomic E-state index is -0.0322. The van der Waals surface area contributed by atoms with Gasteiger partial charge in [-0.15, -0.1) is 5.10 Å². The van der Waals surface area contributed by atoms with Gasteiger partial charge in [-0.1, -0.05) is 11.8 Å². The van der Waals surface area contributed by atoms with Gasteiger partial charge in [0.2, 0.25) is 5.16 Å². The molecule has 2 saturated carbocycles. The third kappa shape index (κ3) is 3.00. The maximum Gasteiger partial charge on any atom is 0.209 e. The van der Waals surface area contributed by atoms with Gasteiger partial charge in [0.25, 0.3) is 0 Å². The fourth-order valence-corrected chi connectivity index (χ4v) is 2.76. The largest absolute Gasteiger partial charge is 0.299 e. The van der Waals surface area contributed by atoms with Gasteiger partial charge in [-0.05, 0) is 42.5 Å². The summed E-state index contributed by atoms with van der Waals surface area (Å²) in [7, 11) is 0. The lowest BCUT2D eigenvalue weighted by Gasteiger charge is -2.09. The van der Waals surface area contributed by atoms with Gasteiger partial charge in [-0.25, -0.2) is 4.68 Å². The van der Waals surface area contributed by atoms with E-state index in [-0.39, 0.29) is 6.04 Å². The van der Waals surface area contributed by atoms with E-state index in [0.29, 0.717) is 12.1 Å². The number of nitrogens with one attached hydrogen (secondary N) is 1. The number of thioether (sulfide) groups is 1. The molecule has 2 fully saturated rings. The molecule has 3 rings (SSSR count). The molecule has 0 aliphatic heterocycles. The first-order valence-corrected chi connectivity index (χ1v) is 7.41. The van der Waals surface area contributed by atoms with Crippen LogP contribution in [0.15, 0.2) is 5.16 Å². The van der Waals surface area contributed by atoms with Gasteiger partial charge >= 0.3 is 0 Å². The predicted molar refractivity (Wildman–Crippen MR) is 67.0 cm³/mol. The van der Waals surface area contributed by atoms with Gasteiger partial charge < -0.3 is 0 Å². The van der Waals surface area contributed by atoms with Gasteiger partial charge in [-0.3, -0.25) is 5.32 Å². The van der Waals surface area contributed by atoms with Crippen LogP contribution in [0.5, 0.6) is 0 Å². The van der Waals surface area contributed by atoms with Crippen LogP contribution in [0.4, 0.5) is 0 Å². The number of aromatic nitrogens is 4. The Morgan fingerprint density at radius 3 is 2.94 bits per heavy atom. The highest BCUT2D eigenvalue weighted by Crippen LogP contribution is 2.36. The first kappa shape index (κ1) is 11.9. The molecule has 7 heteroatoms. The summed E-state index contributed by atoms with van der Waals surface area (Å²) in [5, 5.41) is 25.0. The molecule has 1 aromatic rings. The second-order valence-corrected chi connectivity index (χ2v) is 5.96. The minimum absolute atomic E-state index is 0.0322. The Bertz CT molecular complexity index is 445. The lowest BCUT2D eigenvalue weighted by Crippen LogP contribution is -2.30. The molecule has 1 unspecified atom stereocenters. The van der Waals surface area contributed by atoms with Gasteiger partial charge in [0.05, 0.1) is 18.2 Å². The van der Waals surface area contributed by atoms with E-state index >= 15 is 0 Å². The van der Waals surface area contributed by atoms with Crippen molar-refractivity contribution in [1.82, 2.24) is 25.5 Å². The molecule has 18 heavy (non-hydrogen) atoms. The van der Waals surface area contributed by atoms with Crippen LogP contribution in [0.2, 0.25) is 0 Å². The van der Waals surface area contributed by atoms with E-state index in [9.17, 15) is 0 Å². The van der Waals surface area contributed by atoms with Crippen LogP contribution in [0, 0.1) is 11.3 Å². The van der Waals surface area contributed by atoms with Gasteiger partial charge in [0.15, 0.2) is 0 Å². The SMILES string of the molecule is N#CC(CCSc1nnnn1C1CC1)NC1CC1. The van der Waals surface area contributed by atoms with Gasteiger partial charge in [0.1, 0.15) is 0 Å².